The van der Waals surface area contributed by atoms with Gasteiger partial charge in [0.15, 0.2) is 0 Å². The van der Waals surface area contributed by atoms with Crippen molar-refractivity contribution in [2.24, 2.45) is 0 Å². The summed E-state index contributed by atoms with van der Waals surface area (Å²) in [5, 5.41) is 0.418. The number of rotatable bonds is 5. The zero-order valence-electron chi connectivity index (χ0n) is 12.4. The number of nitrogens with zero attached hydrogens (tertiary/aromatic N) is 1. The predicted octanol–water partition coefficient (Wildman–Crippen LogP) is 2.54. The molecule has 0 aliphatic heterocycles. The SMILES string of the molecule is CN(c1ccccc1NS(=O)(=O)c1ccc(Cl)cc1)S(C)(=O)=O. The molecular weight excluding hydrogens is 360 g/mol. The molecule has 2 rings (SSSR count). The predicted molar refractivity (Wildman–Crippen MR) is 91.9 cm³/mol. The minimum Gasteiger partial charge on any atom is -0.277 e. The third kappa shape index (κ3) is 4.15. The summed E-state index contributed by atoms with van der Waals surface area (Å²) in [7, 11) is -6.03. The van der Waals surface area contributed by atoms with Crippen LogP contribution in [0.2, 0.25) is 5.02 Å². The number of hydrogen-bond donors (Lipinski definition) is 1. The molecule has 1 N–H and O–H groups in total. The van der Waals surface area contributed by atoms with Crippen molar-refractivity contribution in [2.75, 3.05) is 22.3 Å². The fraction of sp³-hybridized carbons (Fsp3) is 0.143. The maximum Gasteiger partial charge on any atom is 0.261 e. The van der Waals surface area contributed by atoms with Gasteiger partial charge in [-0.25, -0.2) is 16.8 Å². The van der Waals surface area contributed by atoms with Crippen LogP contribution in [0.5, 0.6) is 0 Å². The number of halogens is 1. The van der Waals surface area contributed by atoms with Gasteiger partial charge in [0, 0.05) is 12.1 Å². The summed E-state index contributed by atoms with van der Waals surface area (Å²) >= 11 is 5.75. The summed E-state index contributed by atoms with van der Waals surface area (Å²) in [4.78, 5) is 0.0266. The lowest BCUT2D eigenvalue weighted by atomic mass is 10.3. The Bertz CT molecular complexity index is 910. The topological polar surface area (TPSA) is 83.6 Å². The maximum atomic E-state index is 12.4. The smallest absolute Gasteiger partial charge is 0.261 e. The van der Waals surface area contributed by atoms with Crippen molar-refractivity contribution in [3.63, 3.8) is 0 Å². The van der Waals surface area contributed by atoms with Crippen LogP contribution in [0.1, 0.15) is 0 Å². The van der Waals surface area contributed by atoms with Gasteiger partial charge in [-0.15, -0.1) is 0 Å². The van der Waals surface area contributed by atoms with Crippen LogP contribution in [-0.2, 0) is 20.0 Å². The summed E-state index contributed by atoms with van der Waals surface area (Å²) < 4.78 is 51.6. The van der Waals surface area contributed by atoms with Gasteiger partial charge in [-0.3, -0.25) is 9.03 Å². The summed E-state index contributed by atoms with van der Waals surface area (Å²) in [6.07, 6.45) is 1.04. The van der Waals surface area contributed by atoms with Crippen molar-refractivity contribution in [3.05, 3.63) is 53.6 Å². The molecule has 0 radical (unpaired) electrons. The number of para-hydroxylation sites is 2. The molecule has 23 heavy (non-hydrogen) atoms. The molecular formula is C14H15ClN2O4S2. The highest BCUT2D eigenvalue weighted by molar-refractivity contribution is 7.93. The molecule has 0 spiro atoms. The molecule has 9 heteroatoms. The molecule has 2 aromatic carbocycles. The second-order valence-electron chi connectivity index (χ2n) is 4.81. The van der Waals surface area contributed by atoms with Gasteiger partial charge in [0.25, 0.3) is 10.0 Å². The molecule has 0 saturated heterocycles. The molecule has 0 heterocycles. The highest BCUT2D eigenvalue weighted by atomic mass is 35.5. The Morgan fingerprint density at radius 2 is 1.52 bits per heavy atom. The highest BCUT2D eigenvalue weighted by Crippen LogP contribution is 2.28. The molecule has 0 bridgehead atoms. The molecule has 0 aliphatic rings. The summed E-state index contributed by atoms with van der Waals surface area (Å²) in [5.41, 5.74) is 0.392. The largest absolute Gasteiger partial charge is 0.277 e. The summed E-state index contributed by atoms with van der Waals surface area (Å²) in [5.74, 6) is 0. The molecule has 0 fully saturated rings. The molecule has 0 aliphatic carbocycles. The molecule has 0 saturated carbocycles. The van der Waals surface area contributed by atoms with E-state index in [1.165, 1.54) is 43.4 Å². The Kier molecular flexibility index (Phi) is 4.88. The van der Waals surface area contributed by atoms with Crippen molar-refractivity contribution in [3.8, 4) is 0 Å². The molecule has 0 aromatic heterocycles. The molecule has 0 amide bonds. The standard InChI is InChI=1S/C14H15ClN2O4S2/c1-17(22(2,18)19)14-6-4-3-5-13(14)16-23(20,21)12-9-7-11(15)8-10-12/h3-10,16H,1-2H3. The highest BCUT2D eigenvalue weighted by Gasteiger charge is 2.20. The third-order valence-corrected chi connectivity index (χ3v) is 5.93. The van der Waals surface area contributed by atoms with Gasteiger partial charge in [0.1, 0.15) is 0 Å². The normalized spacial score (nSPS) is 12.0. The van der Waals surface area contributed by atoms with E-state index in [9.17, 15) is 16.8 Å². The van der Waals surface area contributed by atoms with Gasteiger partial charge in [-0.1, -0.05) is 23.7 Å². The van der Waals surface area contributed by atoms with E-state index >= 15 is 0 Å². The van der Waals surface area contributed by atoms with E-state index < -0.39 is 20.0 Å². The molecule has 0 unspecified atom stereocenters. The van der Waals surface area contributed by atoms with Crippen LogP contribution in [0.3, 0.4) is 0 Å². The van der Waals surface area contributed by atoms with Crippen LogP contribution >= 0.6 is 11.6 Å². The van der Waals surface area contributed by atoms with Crippen LogP contribution in [0.15, 0.2) is 53.4 Å². The quantitative estimate of drug-likeness (QED) is 0.871. The Hall–Kier alpha value is -1.77. The zero-order valence-corrected chi connectivity index (χ0v) is 14.8. The van der Waals surface area contributed by atoms with Crippen LogP contribution < -0.4 is 9.03 Å². The summed E-state index contributed by atoms with van der Waals surface area (Å²) in [6, 6.07) is 11.9. The number of nitrogens with one attached hydrogen (secondary N) is 1. The third-order valence-electron chi connectivity index (χ3n) is 3.11. The second-order valence-corrected chi connectivity index (χ2v) is 8.94. The van der Waals surface area contributed by atoms with Crippen LogP contribution in [0.25, 0.3) is 0 Å². The van der Waals surface area contributed by atoms with Crippen molar-refractivity contribution in [1.29, 1.82) is 0 Å². The van der Waals surface area contributed by atoms with Gasteiger partial charge in [-0.2, -0.15) is 0 Å². The molecule has 124 valence electrons. The fourth-order valence-corrected chi connectivity index (χ4v) is 3.55. The first-order valence-corrected chi connectivity index (χ1v) is 10.1. The Labute approximate surface area is 140 Å². The van der Waals surface area contributed by atoms with Crippen LogP contribution in [0, 0.1) is 0 Å². The van der Waals surface area contributed by atoms with E-state index in [1.807, 2.05) is 0 Å². The monoisotopic (exact) mass is 374 g/mol. The Morgan fingerprint density at radius 3 is 2.09 bits per heavy atom. The lowest BCUT2D eigenvalue weighted by Gasteiger charge is -2.20. The van der Waals surface area contributed by atoms with Crippen molar-refractivity contribution in [2.45, 2.75) is 4.90 Å². The minimum atomic E-state index is -3.86. The minimum absolute atomic E-state index is 0.0266. The van der Waals surface area contributed by atoms with Crippen molar-refractivity contribution >= 4 is 43.0 Å². The first kappa shape index (κ1) is 17.6. The van der Waals surface area contributed by atoms with Crippen LogP contribution in [0.4, 0.5) is 11.4 Å². The number of anilines is 2. The van der Waals surface area contributed by atoms with E-state index in [0.717, 1.165) is 10.6 Å². The van der Waals surface area contributed by atoms with Gasteiger partial charge < -0.3 is 0 Å². The average Bonchev–Trinajstić information content (AvgIpc) is 2.46. The van der Waals surface area contributed by atoms with Gasteiger partial charge in [-0.05, 0) is 36.4 Å². The van der Waals surface area contributed by atoms with E-state index in [4.69, 9.17) is 11.6 Å². The maximum absolute atomic E-state index is 12.4. The number of benzene rings is 2. The molecule has 2 aromatic rings. The Balaban J connectivity index is 2.43. The van der Waals surface area contributed by atoms with Crippen molar-refractivity contribution in [1.82, 2.24) is 0 Å². The van der Waals surface area contributed by atoms with Gasteiger partial charge in [0.2, 0.25) is 10.0 Å². The zero-order chi connectivity index (χ0) is 17.3. The van der Waals surface area contributed by atoms with E-state index in [0.29, 0.717) is 5.02 Å². The Morgan fingerprint density at radius 1 is 0.957 bits per heavy atom. The van der Waals surface area contributed by atoms with Crippen LogP contribution in [-0.4, -0.2) is 30.1 Å². The fourth-order valence-electron chi connectivity index (χ4n) is 1.83. The average molecular weight is 375 g/mol. The first-order chi connectivity index (χ1) is 10.6. The van der Waals surface area contributed by atoms with Gasteiger partial charge >= 0.3 is 0 Å². The second kappa shape index (κ2) is 6.38. The van der Waals surface area contributed by atoms with E-state index in [2.05, 4.69) is 4.72 Å². The molecule has 0 atom stereocenters. The van der Waals surface area contributed by atoms with Gasteiger partial charge in [0.05, 0.1) is 22.5 Å². The number of hydrogen-bond acceptors (Lipinski definition) is 4. The van der Waals surface area contributed by atoms with E-state index in [-0.39, 0.29) is 16.3 Å². The first-order valence-electron chi connectivity index (χ1n) is 6.42. The lowest BCUT2D eigenvalue weighted by Crippen LogP contribution is -2.26. The van der Waals surface area contributed by atoms with E-state index in [1.54, 1.807) is 12.1 Å². The van der Waals surface area contributed by atoms with Crippen molar-refractivity contribution < 1.29 is 16.8 Å². The molecule has 6 nitrogen and oxygen atoms in total. The number of sulfonamides is 2. The lowest BCUT2D eigenvalue weighted by molar-refractivity contribution is 0.598. The summed E-state index contributed by atoms with van der Waals surface area (Å²) in [6.45, 7) is 0.